The van der Waals surface area contributed by atoms with Gasteiger partial charge in [-0.3, -0.25) is 9.59 Å². The fourth-order valence-electron chi connectivity index (χ4n) is 2.63. The minimum Gasteiger partial charge on any atom is -0.454 e. The molecular weight excluding hydrogens is 361 g/mol. The van der Waals surface area contributed by atoms with Gasteiger partial charge < -0.3 is 15.1 Å². The summed E-state index contributed by atoms with van der Waals surface area (Å²) in [6.45, 7) is 5.40. The van der Waals surface area contributed by atoms with E-state index in [4.69, 9.17) is 4.42 Å². The van der Waals surface area contributed by atoms with Gasteiger partial charge in [-0.1, -0.05) is 30.7 Å². The van der Waals surface area contributed by atoms with Gasteiger partial charge in [-0.05, 0) is 43.5 Å². The number of benzene rings is 1. The van der Waals surface area contributed by atoms with Gasteiger partial charge in [0.2, 0.25) is 0 Å². The average Bonchev–Trinajstić information content (AvgIpc) is 3.08. The third kappa shape index (κ3) is 5.35. The van der Waals surface area contributed by atoms with Crippen molar-refractivity contribution in [3.8, 4) is 0 Å². The maximum atomic E-state index is 12.4. The molecular formula is C19H21F3N2O3. The van der Waals surface area contributed by atoms with E-state index in [0.29, 0.717) is 6.42 Å². The van der Waals surface area contributed by atoms with Crippen molar-refractivity contribution in [1.82, 2.24) is 10.6 Å². The molecule has 0 fully saturated rings. The summed E-state index contributed by atoms with van der Waals surface area (Å²) in [6.07, 6.45) is -4.31. The fourth-order valence-corrected chi connectivity index (χ4v) is 2.63. The molecule has 0 aliphatic heterocycles. The Morgan fingerprint density at radius 2 is 1.85 bits per heavy atom. The lowest BCUT2D eigenvalue weighted by molar-refractivity contribution is -0.173. The summed E-state index contributed by atoms with van der Waals surface area (Å²) in [7, 11) is 0. The molecule has 0 radical (unpaired) electrons. The van der Waals surface area contributed by atoms with Gasteiger partial charge in [-0.2, -0.15) is 13.2 Å². The Morgan fingerprint density at radius 1 is 1.15 bits per heavy atom. The molecule has 1 aromatic heterocycles. The van der Waals surface area contributed by atoms with Gasteiger partial charge in [-0.25, -0.2) is 0 Å². The van der Waals surface area contributed by atoms with Crippen molar-refractivity contribution in [2.45, 2.75) is 46.0 Å². The maximum absolute atomic E-state index is 12.4. The van der Waals surface area contributed by atoms with E-state index in [2.05, 4.69) is 5.32 Å². The topological polar surface area (TPSA) is 71.3 Å². The van der Waals surface area contributed by atoms with Gasteiger partial charge in [0.05, 0.1) is 12.6 Å². The van der Waals surface area contributed by atoms with Crippen LogP contribution in [0.15, 0.2) is 34.7 Å². The fraction of sp³-hybridized carbons (Fsp3) is 0.368. The molecule has 2 aromatic rings. The zero-order valence-corrected chi connectivity index (χ0v) is 15.2. The quantitative estimate of drug-likeness (QED) is 0.795. The van der Waals surface area contributed by atoms with Crippen molar-refractivity contribution in [2.24, 2.45) is 0 Å². The molecule has 146 valence electrons. The molecule has 2 rings (SSSR count). The molecule has 0 saturated carbocycles. The third-order valence-electron chi connectivity index (χ3n) is 4.09. The summed E-state index contributed by atoms with van der Waals surface area (Å²) in [4.78, 5) is 23.2. The first-order valence-corrected chi connectivity index (χ1v) is 8.43. The van der Waals surface area contributed by atoms with Crippen LogP contribution in [0.3, 0.4) is 0 Å². The molecule has 0 spiro atoms. The monoisotopic (exact) mass is 382 g/mol. The van der Waals surface area contributed by atoms with E-state index in [9.17, 15) is 22.8 Å². The minimum absolute atomic E-state index is 0.0324. The van der Waals surface area contributed by atoms with Crippen LogP contribution in [0.5, 0.6) is 0 Å². The van der Waals surface area contributed by atoms with Crippen molar-refractivity contribution in [3.63, 3.8) is 0 Å². The summed E-state index contributed by atoms with van der Waals surface area (Å²) >= 11 is 0. The van der Waals surface area contributed by atoms with Gasteiger partial charge in [-0.15, -0.1) is 0 Å². The van der Waals surface area contributed by atoms with Crippen LogP contribution in [0.25, 0.3) is 0 Å². The highest BCUT2D eigenvalue weighted by molar-refractivity contribution is 5.91. The standard InChI is InChI=1S/C19H21F3N2O3/c1-4-15(14-9-11(2)5-6-12(14)3)24-17(25)16-8-7-13(27-16)10-23-18(26)19(20,21)22/h5-9,15H,4,10H2,1-3H3,(H,23,26)(H,24,25). The lowest BCUT2D eigenvalue weighted by Gasteiger charge is -2.19. The Labute approximate surface area is 154 Å². The van der Waals surface area contributed by atoms with E-state index in [1.54, 1.807) is 5.32 Å². The predicted octanol–water partition coefficient (Wildman–Crippen LogP) is 3.96. The molecule has 27 heavy (non-hydrogen) atoms. The van der Waals surface area contributed by atoms with Crippen LogP contribution in [0.1, 0.15) is 52.4 Å². The highest BCUT2D eigenvalue weighted by Gasteiger charge is 2.38. The predicted molar refractivity (Wildman–Crippen MR) is 93.0 cm³/mol. The number of hydrogen-bond donors (Lipinski definition) is 2. The Kier molecular flexibility index (Phi) is 6.30. The largest absolute Gasteiger partial charge is 0.471 e. The minimum atomic E-state index is -4.97. The first-order chi connectivity index (χ1) is 12.6. The Morgan fingerprint density at radius 3 is 2.48 bits per heavy atom. The number of halogens is 3. The molecule has 8 heteroatoms. The van der Waals surface area contributed by atoms with Crippen molar-refractivity contribution in [1.29, 1.82) is 0 Å². The molecule has 1 unspecified atom stereocenters. The summed E-state index contributed by atoms with van der Waals surface area (Å²) in [5.74, 6) is -2.52. The molecule has 0 saturated heterocycles. The first-order valence-electron chi connectivity index (χ1n) is 8.43. The van der Waals surface area contributed by atoms with Crippen LogP contribution in [0.4, 0.5) is 13.2 Å². The molecule has 0 aliphatic rings. The molecule has 1 aromatic carbocycles. The molecule has 1 heterocycles. The van der Waals surface area contributed by atoms with Gasteiger partial charge >= 0.3 is 12.1 Å². The van der Waals surface area contributed by atoms with E-state index in [1.165, 1.54) is 12.1 Å². The zero-order valence-electron chi connectivity index (χ0n) is 15.2. The summed E-state index contributed by atoms with van der Waals surface area (Å²) in [5, 5.41) is 4.56. The number of hydrogen-bond acceptors (Lipinski definition) is 3. The number of alkyl halides is 3. The maximum Gasteiger partial charge on any atom is 0.471 e. The van der Waals surface area contributed by atoms with Crippen LogP contribution in [0.2, 0.25) is 0 Å². The summed E-state index contributed by atoms with van der Waals surface area (Å²) in [5.41, 5.74) is 3.11. The molecule has 0 bridgehead atoms. The van der Waals surface area contributed by atoms with Gasteiger partial charge in [0.25, 0.3) is 5.91 Å². The number of rotatable bonds is 6. The van der Waals surface area contributed by atoms with Crippen LogP contribution in [0, 0.1) is 13.8 Å². The number of nitrogens with one attached hydrogen (secondary N) is 2. The normalized spacial score (nSPS) is 12.5. The summed E-state index contributed by atoms with van der Waals surface area (Å²) in [6, 6.07) is 8.46. The smallest absolute Gasteiger partial charge is 0.454 e. The lowest BCUT2D eigenvalue weighted by atomic mass is 9.97. The highest BCUT2D eigenvalue weighted by atomic mass is 19.4. The van der Waals surface area contributed by atoms with E-state index in [1.807, 2.05) is 39.0 Å². The van der Waals surface area contributed by atoms with Crippen LogP contribution in [-0.4, -0.2) is 18.0 Å². The lowest BCUT2D eigenvalue weighted by Crippen LogP contribution is -2.36. The van der Waals surface area contributed by atoms with Crippen molar-refractivity contribution >= 4 is 11.8 Å². The number of furan rings is 1. The molecule has 0 aliphatic carbocycles. The Bertz CT molecular complexity index is 828. The van der Waals surface area contributed by atoms with E-state index >= 15 is 0 Å². The Hall–Kier alpha value is -2.77. The molecule has 2 amide bonds. The van der Waals surface area contributed by atoms with Crippen molar-refractivity contribution in [2.75, 3.05) is 0 Å². The third-order valence-corrected chi connectivity index (χ3v) is 4.09. The van der Waals surface area contributed by atoms with E-state index in [0.717, 1.165) is 16.7 Å². The molecule has 1 atom stereocenters. The molecule has 5 nitrogen and oxygen atoms in total. The zero-order chi connectivity index (χ0) is 20.2. The SMILES string of the molecule is CCC(NC(=O)c1ccc(CNC(=O)C(F)(F)F)o1)c1cc(C)ccc1C. The number of carbonyl (C=O) groups is 2. The van der Waals surface area contributed by atoms with Crippen molar-refractivity contribution < 1.29 is 27.2 Å². The van der Waals surface area contributed by atoms with E-state index < -0.39 is 24.5 Å². The second-order valence-electron chi connectivity index (χ2n) is 6.24. The average molecular weight is 382 g/mol. The van der Waals surface area contributed by atoms with Gasteiger partial charge in [0.15, 0.2) is 5.76 Å². The second kappa shape index (κ2) is 8.28. The van der Waals surface area contributed by atoms with E-state index in [-0.39, 0.29) is 17.6 Å². The number of carbonyl (C=O) groups excluding carboxylic acids is 2. The van der Waals surface area contributed by atoms with Crippen LogP contribution < -0.4 is 10.6 Å². The second-order valence-corrected chi connectivity index (χ2v) is 6.24. The van der Waals surface area contributed by atoms with Gasteiger partial charge in [0.1, 0.15) is 5.76 Å². The Balaban J connectivity index is 2.04. The van der Waals surface area contributed by atoms with Gasteiger partial charge in [0, 0.05) is 0 Å². The molecule has 2 N–H and O–H groups in total. The number of aryl methyl sites for hydroxylation is 2. The summed E-state index contributed by atoms with van der Waals surface area (Å²) < 4.78 is 41.8. The highest BCUT2D eigenvalue weighted by Crippen LogP contribution is 2.23. The van der Waals surface area contributed by atoms with Crippen molar-refractivity contribution in [3.05, 3.63) is 58.5 Å². The van der Waals surface area contributed by atoms with Crippen LogP contribution >= 0.6 is 0 Å². The first kappa shape index (κ1) is 20.5. The van der Waals surface area contributed by atoms with Crippen LogP contribution in [-0.2, 0) is 11.3 Å². The number of amides is 2.